The Morgan fingerprint density at radius 3 is 2.67 bits per heavy atom. The van der Waals surface area contributed by atoms with E-state index in [1.54, 1.807) is 13.2 Å². The summed E-state index contributed by atoms with van der Waals surface area (Å²) < 4.78 is 4.88. The van der Waals surface area contributed by atoms with Crippen molar-refractivity contribution in [2.24, 2.45) is 0 Å². The molecule has 0 saturated heterocycles. The van der Waals surface area contributed by atoms with Gasteiger partial charge < -0.3 is 15.2 Å². The van der Waals surface area contributed by atoms with E-state index in [1.165, 1.54) is 0 Å². The van der Waals surface area contributed by atoms with Crippen molar-refractivity contribution in [3.8, 4) is 0 Å². The fourth-order valence-corrected chi connectivity index (χ4v) is 2.33. The molecular formula is C13H19Cl2NO2. The molecule has 0 heterocycles. The molecule has 0 radical (unpaired) electrons. The van der Waals surface area contributed by atoms with Gasteiger partial charge in [-0.3, -0.25) is 0 Å². The van der Waals surface area contributed by atoms with E-state index in [4.69, 9.17) is 27.9 Å². The molecule has 2 atom stereocenters. The number of ether oxygens (including phenoxy) is 1. The summed E-state index contributed by atoms with van der Waals surface area (Å²) in [5.74, 6) is 0. The van der Waals surface area contributed by atoms with Crippen LogP contribution in [0.2, 0.25) is 10.0 Å². The first kappa shape index (κ1) is 15.7. The van der Waals surface area contributed by atoms with Gasteiger partial charge in [0.25, 0.3) is 0 Å². The number of aliphatic hydroxyl groups excluding tert-OH is 1. The summed E-state index contributed by atoms with van der Waals surface area (Å²) in [6, 6.07) is 5.56. The molecule has 102 valence electrons. The third-order valence-corrected chi connectivity index (χ3v) is 3.27. The average molecular weight is 292 g/mol. The van der Waals surface area contributed by atoms with Crippen molar-refractivity contribution in [3.63, 3.8) is 0 Å². The van der Waals surface area contributed by atoms with Crippen molar-refractivity contribution >= 4 is 23.2 Å². The van der Waals surface area contributed by atoms with E-state index in [0.29, 0.717) is 23.2 Å². The van der Waals surface area contributed by atoms with Gasteiger partial charge in [0.1, 0.15) is 0 Å². The summed E-state index contributed by atoms with van der Waals surface area (Å²) in [7, 11) is 1.57. The molecular weight excluding hydrogens is 273 g/mol. The van der Waals surface area contributed by atoms with Crippen molar-refractivity contribution in [1.29, 1.82) is 0 Å². The lowest BCUT2D eigenvalue weighted by Crippen LogP contribution is -2.32. The molecule has 1 aromatic carbocycles. The van der Waals surface area contributed by atoms with Crippen LogP contribution in [0.5, 0.6) is 0 Å². The van der Waals surface area contributed by atoms with Crippen molar-refractivity contribution in [3.05, 3.63) is 33.8 Å². The van der Waals surface area contributed by atoms with Gasteiger partial charge in [-0.1, -0.05) is 36.2 Å². The fourth-order valence-electron chi connectivity index (χ4n) is 1.79. The maximum absolute atomic E-state index is 9.61. The smallest absolute Gasteiger partial charge is 0.0897 e. The van der Waals surface area contributed by atoms with Crippen LogP contribution in [0.3, 0.4) is 0 Å². The zero-order valence-corrected chi connectivity index (χ0v) is 12.1. The zero-order valence-electron chi connectivity index (χ0n) is 10.6. The highest BCUT2D eigenvalue weighted by Crippen LogP contribution is 2.27. The normalized spacial score (nSPS) is 14.5. The van der Waals surface area contributed by atoms with Gasteiger partial charge in [-0.2, -0.15) is 0 Å². The van der Waals surface area contributed by atoms with Crippen LogP contribution in [0.15, 0.2) is 18.2 Å². The molecule has 0 aliphatic heterocycles. The minimum atomic E-state index is -0.518. The maximum atomic E-state index is 9.61. The summed E-state index contributed by atoms with van der Waals surface area (Å²) in [6.07, 6.45) is 0.358. The first-order valence-electron chi connectivity index (χ1n) is 5.93. The number of hydrogen-bond acceptors (Lipinski definition) is 3. The second-order valence-electron chi connectivity index (χ2n) is 4.14. The van der Waals surface area contributed by atoms with Crippen LogP contribution in [-0.4, -0.2) is 31.5 Å². The van der Waals surface area contributed by atoms with Gasteiger partial charge in [-0.05, 0) is 24.1 Å². The van der Waals surface area contributed by atoms with Gasteiger partial charge in [-0.25, -0.2) is 0 Å². The van der Waals surface area contributed by atoms with Crippen molar-refractivity contribution in [1.82, 2.24) is 5.32 Å². The minimum absolute atomic E-state index is 0.0984. The highest BCUT2D eigenvalue weighted by atomic mass is 35.5. The zero-order chi connectivity index (χ0) is 13.5. The van der Waals surface area contributed by atoms with Crippen LogP contribution < -0.4 is 5.32 Å². The third-order valence-electron chi connectivity index (χ3n) is 2.71. The Labute approximate surface area is 118 Å². The Kier molecular flexibility index (Phi) is 6.97. The molecule has 2 N–H and O–H groups in total. The van der Waals surface area contributed by atoms with Gasteiger partial charge in [0, 0.05) is 29.7 Å². The molecule has 5 heteroatoms. The minimum Gasteiger partial charge on any atom is -0.389 e. The maximum Gasteiger partial charge on any atom is 0.0897 e. The number of aliphatic hydroxyl groups is 1. The standard InChI is InChI=1S/C13H19Cl2NO2/c1-3-13(16-7-10(17)8-18-2)11-5-4-9(14)6-12(11)15/h4-6,10,13,16-17H,3,7-8H2,1-2H3. The molecule has 0 saturated carbocycles. The summed E-state index contributed by atoms with van der Waals surface area (Å²) in [5.41, 5.74) is 0.994. The number of halogens is 2. The Morgan fingerprint density at radius 2 is 2.11 bits per heavy atom. The SMILES string of the molecule is CCC(NCC(O)COC)c1ccc(Cl)cc1Cl. The Bertz CT molecular complexity index is 374. The Morgan fingerprint density at radius 1 is 1.39 bits per heavy atom. The Balaban J connectivity index is 2.65. The van der Waals surface area contributed by atoms with Gasteiger partial charge in [0.2, 0.25) is 0 Å². The molecule has 0 fully saturated rings. The van der Waals surface area contributed by atoms with Crippen LogP contribution in [0.4, 0.5) is 0 Å². The molecule has 3 nitrogen and oxygen atoms in total. The average Bonchev–Trinajstić information content (AvgIpc) is 2.32. The first-order chi connectivity index (χ1) is 8.58. The Hall–Kier alpha value is -0.320. The predicted molar refractivity (Wildman–Crippen MR) is 75.4 cm³/mol. The van der Waals surface area contributed by atoms with Crippen LogP contribution in [0.1, 0.15) is 24.9 Å². The van der Waals surface area contributed by atoms with Crippen LogP contribution in [0, 0.1) is 0 Å². The van der Waals surface area contributed by atoms with Crippen molar-refractivity contribution in [2.45, 2.75) is 25.5 Å². The quantitative estimate of drug-likeness (QED) is 0.811. The van der Waals surface area contributed by atoms with E-state index in [9.17, 15) is 5.11 Å². The lowest BCUT2D eigenvalue weighted by Gasteiger charge is -2.20. The second-order valence-corrected chi connectivity index (χ2v) is 4.99. The monoisotopic (exact) mass is 291 g/mol. The highest BCUT2D eigenvalue weighted by molar-refractivity contribution is 6.35. The molecule has 0 aromatic heterocycles. The van der Waals surface area contributed by atoms with Gasteiger partial charge in [-0.15, -0.1) is 0 Å². The van der Waals surface area contributed by atoms with Gasteiger partial charge >= 0.3 is 0 Å². The van der Waals surface area contributed by atoms with Gasteiger partial charge in [0.05, 0.1) is 12.7 Å². The van der Waals surface area contributed by atoms with E-state index in [-0.39, 0.29) is 6.04 Å². The molecule has 2 unspecified atom stereocenters. The largest absolute Gasteiger partial charge is 0.389 e. The molecule has 0 bridgehead atoms. The summed E-state index contributed by atoms with van der Waals surface area (Å²) >= 11 is 12.0. The number of methoxy groups -OCH3 is 1. The molecule has 1 aromatic rings. The fraction of sp³-hybridized carbons (Fsp3) is 0.538. The summed E-state index contributed by atoms with van der Waals surface area (Å²) in [6.45, 7) is 2.84. The molecule has 1 rings (SSSR count). The van der Waals surface area contributed by atoms with Crippen molar-refractivity contribution < 1.29 is 9.84 Å². The third kappa shape index (κ3) is 4.75. The number of rotatable bonds is 7. The summed E-state index contributed by atoms with van der Waals surface area (Å²) in [4.78, 5) is 0. The van der Waals surface area contributed by atoms with E-state index in [0.717, 1.165) is 12.0 Å². The molecule has 0 amide bonds. The van der Waals surface area contributed by atoms with Crippen LogP contribution in [-0.2, 0) is 4.74 Å². The molecule has 0 spiro atoms. The van der Waals surface area contributed by atoms with Crippen LogP contribution in [0.25, 0.3) is 0 Å². The van der Waals surface area contributed by atoms with Crippen LogP contribution >= 0.6 is 23.2 Å². The lowest BCUT2D eigenvalue weighted by molar-refractivity contribution is 0.0626. The summed E-state index contributed by atoms with van der Waals surface area (Å²) in [5, 5.41) is 14.2. The second kappa shape index (κ2) is 7.97. The lowest BCUT2D eigenvalue weighted by atomic mass is 10.0. The predicted octanol–water partition coefficient (Wildman–Crippen LogP) is 3.04. The van der Waals surface area contributed by atoms with E-state index < -0.39 is 6.10 Å². The van der Waals surface area contributed by atoms with E-state index >= 15 is 0 Å². The highest BCUT2D eigenvalue weighted by Gasteiger charge is 2.14. The van der Waals surface area contributed by atoms with E-state index in [2.05, 4.69) is 12.2 Å². The molecule has 0 aliphatic rings. The van der Waals surface area contributed by atoms with Gasteiger partial charge in [0.15, 0.2) is 0 Å². The number of hydrogen-bond donors (Lipinski definition) is 2. The number of nitrogens with one attached hydrogen (secondary N) is 1. The topological polar surface area (TPSA) is 41.5 Å². The molecule has 0 aliphatic carbocycles. The van der Waals surface area contributed by atoms with E-state index in [1.807, 2.05) is 12.1 Å². The van der Waals surface area contributed by atoms with Crippen molar-refractivity contribution in [2.75, 3.05) is 20.3 Å². The first-order valence-corrected chi connectivity index (χ1v) is 6.69. The molecule has 18 heavy (non-hydrogen) atoms. The number of benzene rings is 1.